The number of carboxylic acid groups (broad SMARTS) is 1. The van der Waals surface area contributed by atoms with E-state index in [1.165, 1.54) is 0 Å². The van der Waals surface area contributed by atoms with Gasteiger partial charge >= 0.3 is 5.97 Å². The van der Waals surface area contributed by atoms with Crippen molar-refractivity contribution >= 4 is 27.6 Å². The predicted octanol–water partition coefficient (Wildman–Crippen LogP) is 2.73. The second-order valence-corrected chi connectivity index (χ2v) is 4.98. The highest BCUT2D eigenvalue weighted by Gasteiger charge is 2.36. The standard InChI is InChI=1S/C12H14BrNO3/c1-17-11-5-2-7(6-9(11)13)14-10-4-3-8(10)12(15)16/h2,5-6,8,10,14H,3-4H2,1H3,(H,15,16). The first kappa shape index (κ1) is 12.2. The van der Waals surface area contributed by atoms with Crippen LogP contribution in [-0.2, 0) is 4.79 Å². The topological polar surface area (TPSA) is 58.6 Å². The van der Waals surface area contributed by atoms with Gasteiger partial charge in [0.05, 0.1) is 17.5 Å². The molecule has 0 amide bonds. The van der Waals surface area contributed by atoms with E-state index in [4.69, 9.17) is 9.84 Å². The van der Waals surface area contributed by atoms with Gasteiger partial charge in [-0.05, 0) is 47.0 Å². The average Bonchev–Trinajstić information content (AvgIpc) is 2.24. The van der Waals surface area contributed by atoms with Crippen LogP contribution in [-0.4, -0.2) is 24.2 Å². The predicted molar refractivity (Wildman–Crippen MR) is 68.5 cm³/mol. The molecular weight excluding hydrogens is 286 g/mol. The quantitative estimate of drug-likeness (QED) is 0.897. The second-order valence-electron chi connectivity index (χ2n) is 4.12. The van der Waals surface area contributed by atoms with E-state index in [1.807, 2.05) is 18.2 Å². The molecule has 1 fully saturated rings. The minimum absolute atomic E-state index is 0.0350. The molecule has 0 aromatic heterocycles. The van der Waals surface area contributed by atoms with Gasteiger partial charge in [0.15, 0.2) is 0 Å². The number of hydrogen-bond acceptors (Lipinski definition) is 3. The van der Waals surface area contributed by atoms with Crippen molar-refractivity contribution < 1.29 is 14.6 Å². The van der Waals surface area contributed by atoms with Gasteiger partial charge in [0.25, 0.3) is 0 Å². The Hall–Kier alpha value is -1.23. The van der Waals surface area contributed by atoms with Gasteiger partial charge in [-0.15, -0.1) is 0 Å². The number of aliphatic carboxylic acids is 1. The van der Waals surface area contributed by atoms with E-state index in [-0.39, 0.29) is 12.0 Å². The minimum Gasteiger partial charge on any atom is -0.496 e. The highest BCUT2D eigenvalue weighted by molar-refractivity contribution is 9.10. The largest absolute Gasteiger partial charge is 0.496 e. The van der Waals surface area contributed by atoms with Crippen molar-refractivity contribution in [3.8, 4) is 5.75 Å². The number of rotatable bonds is 4. The van der Waals surface area contributed by atoms with Crippen molar-refractivity contribution in [3.05, 3.63) is 22.7 Å². The Kier molecular flexibility index (Phi) is 3.57. The number of halogens is 1. The van der Waals surface area contributed by atoms with Gasteiger partial charge in [-0.25, -0.2) is 0 Å². The molecule has 1 aromatic rings. The number of anilines is 1. The van der Waals surface area contributed by atoms with Gasteiger partial charge in [0.2, 0.25) is 0 Å². The maximum absolute atomic E-state index is 10.9. The normalized spacial score (nSPS) is 22.7. The fourth-order valence-corrected chi connectivity index (χ4v) is 2.48. The number of ether oxygens (including phenoxy) is 1. The van der Waals surface area contributed by atoms with Crippen LogP contribution in [0.25, 0.3) is 0 Å². The highest BCUT2D eigenvalue weighted by atomic mass is 79.9. The lowest BCUT2D eigenvalue weighted by atomic mass is 9.79. The molecule has 5 heteroatoms. The van der Waals surface area contributed by atoms with Crippen LogP contribution in [0.15, 0.2) is 22.7 Å². The summed E-state index contributed by atoms with van der Waals surface area (Å²) in [5, 5.41) is 12.2. The molecule has 4 nitrogen and oxygen atoms in total. The Labute approximate surface area is 108 Å². The molecule has 1 aliphatic carbocycles. The summed E-state index contributed by atoms with van der Waals surface area (Å²) in [4.78, 5) is 10.9. The maximum Gasteiger partial charge on any atom is 0.308 e. The summed E-state index contributed by atoms with van der Waals surface area (Å²) in [7, 11) is 1.61. The summed E-state index contributed by atoms with van der Waals surface area (Å²) in [6.07, 6.45) is 1.66. The van der Waals surface area contributed by atoms with Crippen LogP contribution in [0.5, 0.6) is 5.75 Å². The first-order chi connectivity index (χ1) is 8.11. The number of hydrogen-bond donors (Lipinski definition) is 2. The molecule has 0 saturated heterocycles. The third-order valence-corrected chi connectivity index (χ3v) is 3.72. The Morgan fingerprint density at radius 1 is 1.53 bits per heavy atom. The van der Waals surface area contributed by atoms with Crippen molar-refractivity contribution in [2.75, 3.05) is 12.4 Å². The SMILES string of the molecule is COc1ccc(NC2CCC2C(=O)O)cc1Br. The Morgan fingerprint density at radius 3 is 2.76 bits per heavy atom. The number of methoxy groups -OCH3 is 1. The second kappa shape index (κ2) is 4.96. The van der Waals surface area contributed by atoms with E-state index >= 15 is 0 Å². The summed E-state index contributed by atoms with van der Waals surface area (Å²) in [5.74, 6) is -0.226. The molecule has 0 aliphatic heterocycles. The van der Waals surface area contributed by atoms with Crippen LogP contribution in [0, 0.1) is 5.92 Å². The smallest absolute Gasteiger partial charge is 0.308 e. The van der Waals surface area contributed by atoms with Gasteiger partial charge in [-0.3, -0.25) is 4.79 Å². The summed E-state index contributed by atoms with van der Waals surface area (Å²) in [6.45, 7) is 0. The van der Waals surface area contributed by atoms with Crippen molar-refractivity contribution in [2.45, 2.75) is 18.9 Å². The maximum atomic E-state index is 10.9. The monoisotopic (exact) mass is 299 g/mol. The van der Waals surface area contributed by atoms with Crippen LogP contribution in [0.4, 0.5) is 5.69 Å². The molecule has 0 heterocycles. The molecule has 92 valence electrons. The summed E-state index contributed by atoms with van der Waals surface area (Å²) < 4.78 is 5.99. The molecule has 1 aliphatic rings. The van der Waals surface area contributed by atoms with E-state index in [1.54, 1.807) is 7.11 Å². The van der Waals surface area contributed by atoms with E-state index in [0.29, 0.717) is 0 Å². The zero-order chi connectivity index (χ0) is 12.4. The molecule has 1 saturated carbocycles. The van der Waals surface area contributed by atoms with E-state index in [9.17, 15) is 4.79 Å². The Morgan fingerprint density at radius 2 is 2.29 bits per heavy atom. The zero-order valence-corrected chi connectivity index (χ0v) is 11.0. The number of carbonyl (C=O) groups is 1. The molecule has 2 rings (SSSR count). The van der Waals surface area contributed by atoms with Crippen LogP contribution < -0.4 is 10.1 Å². The van der Waals surface area contributed by atoms with Crippen LogP contribution in [0.2, 0.25) is 0 Å². The molecular formula is C12H14BrNO3. The first-order valence-electron chi connectivity index (χ1n) is 5.44. The van der Waals surface area contributed by atoms with Gasteiger partial charge in [-0.1, -0.05) is 0 Å². The molecule has 0 radical (unpaired) electrons. The fourth-order valence-electron chi connectivity index (χ4n) is 1.94. The third-order valence-electron chi connectivity index (χ3n) is 3.10. The lowest BCUT2D eigenvalue weighted by Crippen LogP contribution is -2.42. The summed E-state index contributed by atoms with van der Waals surface area (Å²) in [6, 6.07) is 5.67. The van der Waals surface area contributed by atoms with Crippen molar-refractivity contribution in [3.63, 3.8) is 0 Å². The van der Waals surface area contributed by atoms with Gasteiger partial charge in [0, 0.05) is 11.7 Å². The van der Waals surface area contributed by atoms with E-state index < -0.39 is 5.97 Å². The number of nitrogens with one attached hydrogen (secondary N) is 1. The lowest BCUT2D eigenvalue weighted by molar-refractivity contribution is -0.144. The van der Waals surface area contributed by atoms with Crippen LogP contribution in [0.1, 0.15) is 12.8 Å². The average molecular weight is 300 g/mol. The Balaban J connectivity index is 2.04. The van der Waals surface area contributed by atoms with Gasteiger partial charge in [-0.2, -0.15) is 0 Å². The lowest BCUT2D eigenvalue weighted by Gasteiger charge is -2.34. The molecule has 2 N–H and O–H groups in total. The van der Waals surface area contributed by atoms with Gasteiger partial charge in [0.1, 0.15) is 5.75 Å². The van der Waals surface area contributed by atoms with Crippen LogP contribution in [0.3, 0.4) is 0 Å². The molecule has 1 aromatic carbocycles. The summed E-state index contributed by atoms with van der Waals surface area (Å²) >= 11 is 3.40. The molecule has 0 bridgehead atoms. The molecule has 2 unspecified atom stereocenters. The number of carboxylic acids is 1. The van der Waals surface area contributed by atoms with E-state index in [2.05, 4.69) is 21.2 Å². The highest BCUT2D eigenvalue weighted by Crippen LogP contribution is 2.33. The summed E-state index contributed by atoms with van der Waals surface area (Å²) in [5.41, 5.74) is 0.911. The zero-order valence-electron chi connectivity index (χ0n) is 9.44. The first-order valence-corrected chi connectivity index (χ1v) is 6.24. The van der Waals surface area contributed by atoms with E-state index in [0.717, 1.165) is 28.8 Å². The van der Waals surface area contributed by atoms with Crippen molar-refractivity contribution in [1.29, 1.82) is 0 Å². The number of benzene rings is 1. The van der Waals surface area contributed by atoms with Crippen LogP contribution >= 0.6 is 15.9 Å². The Bertz CT molecular complexity index is 436. The fraction of sp³-hybridized carbons (Fsp3) is 0.417. The molecule has 17 heavy (non-hydrogen) atoms. The minimum atomic E-state index is -0.721. The molecule has 2 atom stereocenters. The third kappa shape index (κ3) is 2.54. The van der Waals surface area contributed by atoms with Crippen molar-refractivity contribution in [2.24, 2.45) is 5.92 Å². The van der Waals surface area contributed by atoms with Gasteiger partial charge < -0.3 is 15.2 Å². The molecule has 0 spiro atoms. The van der Waals surface area contributed by atoms with Crippen molar-refractivity contribution in [1.82, 2.24) is 0 Å².